The van der Waals surface area contributed by atoms with Crippen molar-refractivity contribution in [3.05, 3.63) is 46.7 Å². The first kappa shape index (κ1) is 12.5. The van der Waals surface area contributed by atoms with E-state index in [9.17, 15) is 9.18 Å². The van der Waals surface area contributed by atoms with Crippen LogP contribution in [0, 0.1) is 5.82 Å². The highest BCUT2D eigenvalue weighted by Crippen LogP contribution is 2.15. The molecule has 4 nitrogen and oxygen atoms in total. The summed E-state index contributed by atoms with van der Waals surface area (Å²) in [5.74, 6) is -1.28. The number of aromatic carboxylic acids is 1. The fraction of sp³-hybridized carbons (Fsp3) is 0.167. The molecular formula is C12H11FN2O2S. The number of anilines is 1. The van der Waals surface area contributed by atoms with Crippen LogP contribution in [0.3, 0.4) is 0 Å². The summed E-state index contributed by atoms with van der Waals surface area (Å²) in [6, 6.07) is 6.28. The first-order chi connectivity index (χ1) is 8.65. The second kappa shape index (κ2) is 5.59. The molecule has 0 saturated carbocycles. The number of thiazole rings is 1. The second-order valence-corrected chi connectivity index (χ2v) is 4.50. The smallest absolute Gasteiger partial charge is 0.355 e. The van der Waals surface area contributed by atoms with Crippen LogP contribution in [0.5, 0.6) is 0 Å². The van der Waals surface area contributed by atoms with Crippen molar-refractivity contribution in [2.75, 3.05) is 11.9 Å². The molecule has 1 aromatic heterocycles. The van der Waals surface area contributed by atoms with E-state index in [2.05, 4.69) is 10.3 Å². The third kappa shape index (κ3) is 3.27. The normalized spacial score (nSPS) is 10.3. The second-order valence-electron chi connectivity index (χ2n) is 3.65. The van der Waals surface area contributed by atoms with Crippen LogP contribution < -0.4 is 5.32 Å². The van der Waals surface area contributed by atoms with Crippen molar-refractivity contribution < 1.29 is 14.3 Å². The van der Waals surface area contributed by atoms with Crippen LogP contribution in [-0.4, -0.2) is 22.6 Å². The van der Waals surface area contributed by atoms with Gasteiger partial charge in [-0.05, 0) is 24.1 Å². The Kier molecular flexibility index (Phi) is 3.88. The van der Waals surface area contributed by atoms with Crippen LogP contribution in [0.25, 0.3) is 0 Å². The zero-order chi connectivity index (χ0) is 13.0. The van der Waals surface area contributed by atoms with Crippen molar-refractivity contribution in [1.82, 2.24) is 4.98 Å². The van der Waals surface area contributed by atoms with Crippen molar-refractivity contribution in [1.29, 1.82) is 0 Å². The average Bonchev–Trinajstić information content (AvgIpc) is 2.81. The monoisotopic (exact) mass is 266 g/mol. The molecule has 0 aliphatic heterocycles. The summed E-state index contributed by atoms with van der Waals surface area (Å²) >= 11 is 1.25. The topological polar surface area (TPSA) is 62.2 Å². The fourth-order valence-electron chi connectivity index (χ4n) is 1.42. The van der Waals surface area contributed by atoms with Crippen molar-refractivity contribution in [3.63, 3.8) is 0 Å². The molecule has 0 spiro atoms. The number of hydrogen-bond acceptors (Lipinski definition) is 4. The Bertz CT molecular complexity index is 539. The van der Waals surface area contributed by atoms with Crippen molar-refractivity contribution in [2.45, 2.75) is 6.42 Å². The molecule has 2 rings (SSSR count). The van der Waals surface area contributed by atoms with Crippen molar-refractivity contribution in [3.8, 4) is 0 Å². The van der Waals surface area contributed by atoms with Gasteiger partial charge in [-0.25, -0.2) is 14.2 Å². The summed E-state index contributed by atoms with van der Waals surface area (Å²) in [6.07, 6.45) is 0.724. The number of carbonyl (C=O) groups is 1. The Labute approximate surface area is 107 Å². The lowest BCUT2D eigenvalue weighted by Gasteiger charge is -2.02. The van der Waals surface area contributed by atoms with Crippen LogP contribution in [0.4, 0.5) is 9.52 Å². The lowest BCUT2D eigenvalue weighted by Crippen LogP contribution is -2.05. The van der Waals surface area contributed by atoms with Gasteiger partial charge < -0.3 is 10.4 Å². The minimum Gasteiger partial charge on any atom is -0.476 e. The Hall–Kier alpha value is -1.95. The van der Waals surface area contributed by atoms with Crippen molar-refractivity contribution >= 4 is 22.4 Å². The summed E-state index contributed by atoms with van der Waals surface area (Å²) in [6.45, 7) is 0.623. The van der Waals surface area contributed by atoms with Crippen LogP contribution in [0.1, 0.15) is 16.1 Å². The van der Waals surface area contributed by atoms with Gasteiger partial charge in [0.15, 0.2) is 10.8 Å². The van der Waals surface area contributed by atoms with Gasteiger partial charge in [0.2, 0.25) is 0 Å². The quantitative estimate of drug-likeness (QED) is 0.873. The van der Waals surface area contributed by atoms with Crippen LogP contribution in [0.2, 0.25) is 0 Å². The molecule has 0 aliphatic rings. The van der Waals surface area contributed by atoms with E-state index in [1.54, 1.807) is 12.1 Å². The molecule has 0 fully saturated rings. The zero-order valence-corrected chi connectivity index (χ0v) is 10.2. The number of nitrogens with zero attached hydrogens (tertiary/aromatic N) is 1. The Morgan fingerprint density at radius 3 is 2.72 bits per heavy atom. The molecule has 94 valence electrons. The highest BCUT2D eigenvalue weighted by molar-refractivity contribution is 7.13. The molecular weight excluding hydrogens is 255 g/mol. The number of halogens is 1. The predicted molar refractivity (Wildman–Crippen MR) is 67.7 cm³/mol. The standard InChI is InChI=1S/C12H11FN2O2S/c13-9-3-1-8(2-4-9)5-6-14-12-15-10(7-18-12)11(16)17/h1-4,7H,5-6H2,(H,14,15)(H,16,17). The summed E-state index contributed by atoms with van der Waals surface area (Å²) < 4.78 is 12.7. The molecule has 2 aromatic rings. The van der Waals surface area contributed by atoms with Gasteiger partial charge in [-0.15, -0.1) is 11.3 Å². The molecule has 0 bridgehead atoms. The third-order valence-corrected chi connectivity index (χ3v) is 3.13. The Balaban J connectivity index is 1.84. The van der Waals surface area contributed by atoms with Gasteiger partial charge in [0.05, 0.1) is 0 Å². The maximum absolute atomic E-state index is 12.7. The SMILES string of the molecule is O=C(O)c1csc(NCCc2ccc(F)cc2)n1. The summed E-state index contributed by atoms with van der Waals surface area (Å²) in [5.41, 5.74) is 1.06. The maximum atomic E-state index is 12.7. The maximum Gasteiger partial charge on any atom is 0.355 e. The van der Waals surface area contributed by atoms with E-state index in [0.717, 1.165) is 12.0 Å². The van der Waals surface area contributed by atoms with Gasteiger partial charge in [0, 0.05) is 11.9 Å². The number of carboxylic acid groups (broad SMARTS) is 1. The van der Waals surface area contributed by atoms with Crippen LogP contribution in [0.15, 0.2) is 29.6 Å². The van der Waals surface area contributed by atoms with E-state index in [4.69, 9.17) is 5.11 Å². The molecule has 0 unspecified atom stereocenters. The molecule has 1 aromatic carbocycles. The van der Waals surface area contributed by atoms with Gasteiger partial charge in [0.25, 0.3) is 0 Å². The van der Waals surface area contributed by atoms with Crippen molar-refractivity contribution in [2.24, 2.45) is 0 Å². The van der Waals surface area contributed by atoms with E-state index >= 15 is 0 Å². The van der Waals surface area contributed by atoms with E-state index in [0.29, 0.717) is 11.7 Å². The first-order valence-corrected chi connectivity index (χ1v) is 6.20. The zero-order valence-electron chi connectivity index (χ0n) is 9.39. The molecule has 0 saturated heterocycles. The minimum atomic E-state index is -1.03. The largest absolute Gasteiger partial charge is 0.476 e. The Morgan fingerprint density at radius 1 is 1.39 bits per heavy atom. The lowest BCUT2D eigenvalue weighted by atomic mass is 10.1. The first-order valence-electron chi connectivity index (χ1n) is 5.32. The molecule has 0 radical (unpaired) electrons. The Morgan fingerprint density at radius 2 is 2.11 bits per heavy atom. The number of rotatable bonds is 5. The number of nitrogens with one attached hydrogen (secondary N) is 1. The minimum absolute atomic E-state index is 0.0456. The molecule has 0 atom stereocenters. The molecule has 0 aliphatic carbocycles. The number of aromatic nitrogens is 1. The summed E-state index contributed by atoms with van der Waals surface area (Å²) in [4.78, 5) is 14.5. The summed E-state index contributed by atoms with van der Waals surface area (Å²) in [7, 11) is 0. The lowest BCUT2D eigenvalue weighted by molar-refractivity contribution is 0.0691. The molecule has 2 N–H and O–H groups in total. The molecule has 18 heavy (non-hydrogen) atoms. The molecule has 1 heterocycles. The number of benzene rings is 1. The summed E-state index contributed by atoms with van der Waals surface area (Å²) in [5, 5.41) is 13.8. The van der Waals surface area contributed by atoms with Gasteiger partial charge >= 0.3 is 5.97 Å². The van der Waals surface area contributed by atoms with E-state index < -0.39 is 5.97 Å². The van der Waals surface area contributed by atoms with Gasteiger partial charge in [-0.2, -0.15) is 0 Å². The number of carboxylic acids is 1. The van der Waals surface area contributed by atoms with E-state index in [-0.39, 0.29) is 11.5 Å². The molecule has 6 heteroatoms. The van der Waals surface area contributed by atoms with Gasteiger partial charge in [-0.3, -0.25) is 0 Å². The van der Waals surface area contributed by atoms with Gasteiger partial charge in [0.1, 0.15) is 5.82 Å². The van der Waals surface area contributed by atoms with Gasteiger partial charge in [-0.1, -0.05) is 12.1 Å². The fourth-order valence-corrected chi connectivity index (χ4v) is 2.13. The van der Waals surface area contributed by atoms with Crippen LogP contribution >= 0.6 is 11.3 Å². The van der Waals surface area contributed by atoms with E-state index in [1.807, 2.05) is 0 Å². The predicted octanol–water partition coefficient (Wildman–Crippen LogP) is 2.64. The highest BCUT2D eigenvalue weighted by Gasteiger charge is 2.07. The third-order valence-electron chi connectivity index (χ3n) is 2.33. The molecule has 0 amide bonds. The van der Waals surface area contributed by atoms with E-state index in [1.165, 1.54) is 28.8 Å². The number of hydrogen-bond donors (Lipinski definition) is 2. The highest BCUT2D eigenvalue weighted by atomic mass is 32.1. The average molecular weight is 266 g/mol. The van der Waals surface area contributed by atoms with Crippen LogP contribution in [-0.2, 0) is 6.42 Å².